The van der Waals surface area contributed by atoms with Gasteiger partial charge in [-0.05, 0) is 5.56 Å². The van der Waals surface area contributed by atoms with Gasteiger partial charge in [-0.25, -0.2) is 4.98 Å². The maximum atomic E-state index is 13.1. The molecule has 1 amide bonds. The van der Waals surface area contributed by atoms with Crippen LogP contribution in [0.1, 0.15) is 17.9 Å². The van der Waals surface area contributed by atoms with Crippen molar-refractivity contribution in [1.29, 1.82) is 0 Å². The van der Waals surface area contributed by atoms with Crippen LogP contribution in [0.15, 0.2) is 48.9 Å². The first kappa shape index (κ1) is 15.0. The number of nitrogens with zero attached hydrogens (tertiary/aromatic N) is 2. The van der Waals surface area contributed by atoms with E-state index in [9.17, 15) is 18.0 Å². The number of hydrogen-bond acceptors (Lipinski definition) is 3. The highest BCUT2D eigenvalue weighted by molar-refractivity contribution is 5.90. The normalized spacial score (nSPS) is 12.7. The molecule has 0 aliphatic rings. The molecule has 7 heteroatoms. The summed E-state index contributed by atoms with van der Waals surface area (Å²) in [5, 5.41) is 2.30. The van der Waals surface area contributed by atoms with Gasteiger partial charge in [0.25, 0.3) is 0 Å². The zero-order valence-electron chi connectivity index (χ0n) is 10.8. The van der Waals surface area contributed by atoms with Gasteiger partial charge in [0.15, 0.2) is 5.82 Å². The summed E-state index contributed by atoms with van der Waals surface area (Å²) in [5.41, 5.74) is 0.0549. The highest BCUT2D eigenvalue weighted by Gasteiger charge is 2.41. The minimum absolute atomic E-state index is 0.0549. The summed E-state index contributed by atoms with van der Waals surface area (Å²) in [6.45, 7) is 0. The molecule has 1 N–H and O–H groups in total. The molecule has 1 heterocycles. The molecule has 1 aromatic heterocycles. The molecule has 1 aromatic carbocycles. The first-order valence-electron chi connectivity index (χ1n) is 6.14. The van der Waals surface area contributed by atoms with E-state index in [0.717, 1.165) is 0 Å². The molecule has 0 aliphatic carbocycles. The van der Waals surface area contributed by atoms with Gasteiger partial charge in [0.05, 0.1) is 12.1 Å². The Labute approximate surface area is 119 Å². The SMILES string of the molecule is O=C(C[C@H](c1ccccc1)C(F)(F)F)Nc1cnccn1. The van der Waals surface area contributed by atoms with E-state index in [0.29, 0.717) is 0 Å². The van der Waals surface area contributed by atoms with Gasteiger partial charge in [-0.3, -0.25) is 9.78 Å². The largest absolute Gasteiger partial charge is 0.396 e. The molecule has 110 valence electrons. The number of alkyl halides is 3. The van der Waals surface area contributed by atoms with Crippen LogP contribution in [-0.4, -0.2) is 22.1 Å². The summed E-state index contributed by atoms with van der Waals surface area (Å²) in [4.78, 5) is 19.3. The Hall–Kier alpha value is -2.44. The van der Waals surface area contributed by atoms with E-state index in [2.05, 4.69) is 15.3 Å². The topological polar surface area (TPSA) is 54.9 Å². The van der Waals surface area contributed by atoms with Crippen molar-refractivity contribution < 1.29 is 18.0 Å². The molecule has 0 fully saturated rings. The lowest BCUT2D eigenvalue weighted by Gasteiger charge is -2.20. The van der Waals surface area contributed by atoms with Gasteiger partial charge in [0.1, 0.15) is 0 Å². The third-order valence-corrected chi connectivity index (χ3v) is 2.82. The standard InChI is InChI=1S/C14H12F3N3O/c15-14(16,17)11(10-4-2-1-3-5-10)8-13(21)20-12-9-18-6-7-19-12/h1-7,9,11H,8H2,(H,19,20,21)/t11-/m1/s1. The number of aromatic nitrogens is 2. The van der Waals surface area contributed by atoms with Crippen molar-refractivity contribution >= 4 is 11.7 Å². The summed E-state index contributed by atoms with van der Waals surface area (Å²) >= 11 is 0. The first-order valence-corrected chi connectivity index (χ1v) is 6.14. The van der Waals surface area contributed by atoms with Gasteiger partial charge in [-0.15, -0.1) is 0 Å². The molecule has 0 unspecified atom stereocenters. The van der Waals surface area contributed by atoms with Gasteiger partial charge in [0, 0.05) is 18.8 Å². The van der Waals surface area contributed by atoms with Crippen LogP contribution in [0.2, 0.25) is 0 Å². The van der Waals surface area contributed by atoms with Crippen LogP contribution < -0.4 is 5.32 Å². The molecule has 0 radical (unpaired) electrons. The molecule has 4 nitrogen and oxygen atoms in total. The molecular formula is C14H12F3N3O. The predicted molar refractivity (Wildman–Crippen MR) is 70.5 cm³/mol. The summed E-state index contributed by atoms with van der Waals surface area (Å²) in [6, 6.07) is 7.35. The van der Waals surface area contributed by atoms with Gasteiger partial charge in [0.2, 0.25) is 5.91 Å². The molecule has 0 aliphatic heterocycles. The fourth-order valence-corrected chi connectivity index (χ4v) is 1.85. The maximum absolute atomic E-state index is 13.1. The highest BCUT2D eigenvalue weighted by Crippen LogP contribution is 2.37. The molecule has 0 bridgehead atoms. The van der Waals surface area contributed by atoms with E-state index >= 15 is 0 Å². The summed E-state index contributed by atoms with van der Waals surface area (Å²) in [7, 11) is 0. The van der Waals surface area contributed by atoms with E-state index in [-0.39, 0.29) is 11.4 Å². The molecular weight excluding hydrogens is 283 g/mol. The molecule has 2 rings (SSSR count). The van der Waals surface area contributed by atoms with Crippen LogP contribution in [-0.2, 0) is 4.79 Å². The summed E-state index contributed by atoms with van der Waals surface area (Å²) in [5.74, 6) is -2.49. The number of benzene rings is 1. The fourth-order valence-electron chi connectivity index (χ4n) is 1.85. The number of nitrogens with one attached hydrogen (secondary N) is 1. The Bertz CT molecular complexity index is 587. The van der Waals surface area contributed by atoms with E-state index < -0.39 is 24.4 Å². The Morgan fingerprint density at radius 2 is 1.90 bits per heavy atom. The Morgan fingerprint density at radius 3 is 2.48 bits per heavy atom. The maximum Gasteiger partial charge on any atom is 0.396 e. The average Bonchev–Trinajstić information content (AvgIpc) is 2.45. The van der Waals surface area contributed by atoms with Crippen LogP contribution in [0.5, 0.6) is 0 Å². The first-order chi connectivity index (χ1) is 9.97. The fraction of sp³-hybridized carbons (Fsp3) is 0.214. The van der Waals surface area contributed by atoms with Gasteiger partial charge < -0.3 is 5.32 Å². The molecule has 0 saturated carbocycles. The van der Waals surface area contributed by atoms with Crippen molar-refractivity contribution in [3.8, 4) is 0 Å². The number of hydrogen-bond donors (Lipinski definition) is 1. The predicted octanol–water partition coefficient (Wildman–Crippen LogP) is 3.15. The van der Waals surface area contributed by atoms with Crippen molar-refractivity contribution in [1.82, 2.24) is 9.97 Å². The number of amides is 1. The zero-order chi connectivity index (χ0) is 15.3. The van der Waals surface area contributed by atoms with Crippen molar-refractivity contribution in [2.75, 3.05) is 5.32 Å². The van der Waals surface area contributed by atoms with Crippen LogP contribution in [0.25, 0.3) is 0 Å². The molecule has 2 aromatic rings. The van der Waals surface area contributed by atoms with Crippen molar-refractivity contribution in [3.63, 3.8) is 0 Å². The average molecular weight is 295 g/mol. The van der Waals surface area contributed by atoms with Crippen LogP contribution in [0, 0.1) is 0 Å². The number of anilines is 1. The van der Waals surface area contributed by atoms with Gasteiger partial charge in [-0.1, -0.05) is 30.3 Å². The van der Waals surface area contributed by atoms with Crippen molar-refractivity contribution in [2.24, 2.45) is 0 Å². The third-order valence-electron chi connectivity index (χ3n) is 2.82. The van der Waals surface area contributed by atoms with Crippen molar-refractivity contribution in [3.05, 3.63) is 54.5 Å². The second kappa shape index (κ2) is 6.34. The lowest BCUT2D eigenvalue weighted by atomic mass is 9.95. The van der Waals surface area contributed by atoms with E-state index in [4.69, 9.17) is 0 Å². The van der Waals surface area contributed by atoms with Gasteiger partial charge in [-0.2, -0.15) is 13.2 Å². The summed E-state index contributed by atoms with van der Waals surface area (Å²) in [6.07, 6.45) is -1.19. The second-order valence-electron chi connectivity index (χ2n) is 4.35. The van der Waals surface area contributed by atoms with Crippen LogP contribution in [0.4, 0.5) is 19.0 Å². The molecule has 0 saturated heterocycles. The zero-order valence-corrected chi connectivity index (χ0v) is 10.8. The Morgan fingerprint density at radius 1 is 1.19 bits per heavy atom. The minimum Gasteiger partial charge on any atom is -0.309 e. The third kappa shape index (κ3) is 4.27. The van der Waals surface area contributed by atoms with Crippen molar-refractivity contribution in [2.45, 2.75) is 18.5 Å². The summed E-state index contributed by atoms with van der Waals surface area (Å²) < 4.78 is 39.3. The van der Waals surface area contributed by atoms with E-state index in [1.807, 2.05) is 0 Å². The lowest BCUT2D eigenvalue weighted by molar-refractivity contribution is -0.155. The number of halogens is 3. The quantitative estimate of drug-likeness (QED) is 0.942. The smallest absolute Gasteiger partial charge is 0.309 e. The Balaban J connectivity index is 2.11. The highest BCUT2D eigenvalue weighted by atomic mass is 19.4. The Kier molecular flexibility index (Phi) is 4.52. The molecule has 0 spiro atoms. The molecule has 21 heavy (non-hydrogen) atoms. The second-order valence-corrected chi connectivity index (χ2v) is 4.35. The van der Waals surface area contributed by atoms with Gasteiger partial charge >= 0.3 is 6.18 Å². The number of carbonyl (C=O) groups excluding carboxylic acids is 1. The lowest BCUT2D eigenvalue weighted by Crippen LogP contribution is -2.26. The van der Waals surface area contributed by atoms with E-state index in [1.165, 1.54) is 42.9 Å². The van der Waals surface area contributed by atoms with Crippen LogP contribution >= 0.6 is 0 Å². The molecule has 1 atom stereocenters. The minimum atomic E-state index is -4.50. The monoisotopic (exact) mass is 295 g/mol. The van der Waals surface area contributed by atoms with Crippen LogP contribution in [0.3, 0.4) is 0 Å². The number of rotatable bonds is 4. The van der Waals surface area contributed by atoms with E-state index in [1.54, 1.807) is 6.07 Å². The number of carbonyl (C=O) groups is 1.